The Balaban J connectivity index is 1.19. The van der Waals surface area contributed by atoms with Gasteiger partial charge in [-0.2, -0.15) is 4.31 Å². The Morgan fingerprint density at radius 3 is 2.47 bits per heavy atom. The van der Waals surface area contributed by atoms with Crippen LogP contribution in [0, 0.1) is 0 Å². The highest BCUT2D eigenvalue weighted by Crippen LogP contribution is 2.39. The summed E-state index contributed by atoms with van der Waals surface area (Å²) < 4.78 is 29.7. The predicted molar refractivity (Wildman–Crippen MR) is 123 cm³/mol. The second-order valence-corrected chi connectivity index (χ2v) is 11.1. The van der Waals surface area contributed by atoms with Crippen LogP contribution < -0.4 is 0 Å². The van der Waals surface area contributed by atoms with Gasteiger partial charge in [0.05, 0.1) is 10.6 Å². The monoisotopic (exact) mass is 471 g/mol. The van der Waals surface area contributed by atoms with Crippen LogP contribution in [0.3, 0.4) is 0 Å². The zero-order valence-corrected chi connectivity index (χ0v) is 19.5. The minimum Gasteiger partial charge on any atom is -0.339 e. The summed E-state index contributed by atoms with van der Waals surface area (Å²) >= 11 is 1.39. The van der Waals surface area contributed by atoms with Crippen molar-refractivity contribution in [3.05, 3.63) is 48.3 Å². The summed E-state index contributed by atoms with van der Waals surface area (Å²) in [5, 5.41) is 11.1. The molecule has 10 heteroatoms. The average Bonchev–Trinajstić information content (AvgIpc) is 3.59. The summed E-state index contributed by atoms with van der Waals surface area (Å²) in [6.07, 6.45) is 2.31. The molecule has 32 heavy (non-hydrogen) atoms. The zero-order valence-electron chi connectivity index (χ0n) is 17.8. The quantitative estimate of drug-likeness (QED) is 0.513. The Morgan fingerprint density at radius 2 is 1.75 bits per heavy atom. The third kappa shape index (κ3) is 4.14. The summed E-state index contributed by atoms with van der Waals surface area (Å²) in [6, 6.07) is 12.9. The fourth-order valence-corrected chi connectivity index (χ4v) is 6.30. The number of hydrogen-bond acceptors (Lipinski definition) is 6. The highest BCUT2D eigenvalue weighted by atomic mass is 32.2. The molecule has 1 amide bonds. The smallest absolute Gasteiger partial charge is 0.243 e. The van der Waals surface area contributed by atoms with Crippen molar-refractivity contribution in [1.29, 1.82) is 0 Å². The first kappa shape index (κ1) is 21.4. The van der Waals surface area contributed by atoms with Gasteiger partial charge in [0.15, 0.2) is 5.16 Å². The maximum absolute atomic E-state index is 13.1. The summed E-state index contributed by atoms with van der Waals surface area (Å²) in [4.78, 5) is 14.7. The van der Waals surface area contributed by atoms with Crippen molar-refractivity contribution < 1.29 is 13.2 Å². The molecule has 2 heterocycles. The van der Waals surface area contributed by atoms with Gasteiger partial charge in [0.1, 0.15) is 5.82 Å². The van der Waals surface area contributed by atoms with Crippen LogP contribution >= 0.6 is 11.8 Å². The fourth-order valence-electron chi connectivity index (χ4n) is 4.02. The largest absolute Gasteiger partial charge is 0.339 e. The fraction of sp³-hybridized carbons (Fsp3) is 0.409. The molecule has 0 radical (unpaired) electrons. The number of aromatic nitrogens is 3. The number of piperazine rings is 1. The second kappa shape index (κ2) is 8.49. The van der Waals surface area contributed by atoms with Crippen LogP contribution in [0.1, 0.15) is 24.6 Å². The molecule has 2 aromatic carbocycles. The molecule has 1 aliphatic heterocycles. The highest BCUT2D eigenvalue weighted by Gasteiger charge is 2.31. The second-order valence-electron chi connectivity index (χ2n) is 8.26. The molecular weight excluding hydrogens is 446 g/mol. The van der Waals surface area contributed by atoms with E-state index in [-0.39, 0.29) is 11.7 Å². The van der Waals surface area contributed by atoms with Crippen molar-refractivity contribution >= 4 is 38.5 Å². The topological polar surface area (TPSA) is 88.4 Å². The van der Waals surface area contributed by atoms with Crippen LogP contribution in [0.5, 0.6) is 0 Å². The Bertz CT molecular complexity index is 1260. The maximum atomic E-state index is 13.1. The maximum Gasteiger partial charge on any atom is 0.243 e. The lowest BCUT2D eigenvalue weighted by atomic mass is 10.1. The number of carbonyl (C=O) groups excluding carboxylic acids is 1. The summed E-state index contributed by atoms with van der Waals surface area (Å²) in [7, 11) is -1.65. The molecule has 0 bridgehead atoms. The van der Waals surface area contributed by atoms with Gasteiger partial charge in [-0.25, -0.2) is 8.42 Å². The molecule has 1 aliphatic carbocycles. The predicted octanol–water partition coefficient (Wildman–Crippen LogP) is 2.47. The standard InChI is InChI=1S/C22H25N5O3S2/c1-25-21(17-6-7-17)23-24-22(25)31-15-20(28)26-10-12-27(13-11-26)32(29,30)19-9-8-16-4-2-3-5-18(16)14-19/h2-5,8-9,14,17H,6-7,10-13,15H2,1H3. The Kier molecular flexibility index (Phi) is 5.68. The molecule has 1 saturated heterocycles. The van der Waals surface area contributed by atoms with Crippen LogP contribution in [0.2, 0.25) is 0 Å². The van der Waals surface area contributed by atoms with Crippen LogP contribution in [0.4, 0.5) is 0 Å². The first-order valence-corrected chi connectivity index (χ1v) is 13.1. The normalized spacial score (nSPS) is 17.7. The number of rotatable bonds is 6. The van der Waals surface area contributed by atoms with Gasteiger partial charge in [0.25, 0.3) is 0 Å². The molecule has 8 nitrogen and oxygen atoms in total. The van der Waals surface area contributed by atoms with Gasteiger partial charge in [-0.05, 0) is 35.7 Å². The molecule has 0 N–H and O–H groups in total. The van der Waals surface area contributed by atoms with Gasteiger partial charge in [-0.3, -0.25) is 4.79 Å². The number of carbonyl (C=O) groups is 1. The molecule has 168 valence electrons. The Labute approximate surface area is 191 Å². The number of hydrogen-bond donors (Lipinski definition) is 0. The summed E-state index contributed by atoms with van der Waals surface area (Å²) in [5.74, 6) is 1.77. The van der Waals surface area contributed by atoms with E-state index in [1.165, 1.54) is 16.1 Å². The van der Waals surface area contributed by atoms with E-state index in [2.05, 4.69) is 10.2 Å². The Morgan fingerprint density at radius 1 is 1.03 bits per heavy atom. The number of fused-ring (bicyclic) bond motifs is 1. The van der Waals surface area contributed by atoms with E-state index in [4.69, 9.17) is 0 Å². The van der Waals surface area contributed by atoms with Crippen molar-refractivity contribution in [2.45, 2.75) is 28.8 Å². The van der Waals surface area contributed by atoms with E-state index in [0.29, 0.717) is 37.0 Å². The lowest BCUT2D eigenvalue weighted by Crippen LogP contribution is -2.50. The van der Waals surface area contributed by atoms with Crippen LogP contribution in [0.15, 0.2) is 52.5 Å². The molecule has 0 unspecified atom stereocenters. The molecular formula is C22H25N5O3S2. The first-order chi connectivity index (χ1) is 15.4. The Hall–Kier alpha value is -2.43. The van der Waals surface area contributed by atoms with Gasteiger partial charge in [-0.15, -0.1) is 10.2 Å². The number of sulfonamides is 1. The van der Waals surface area contributed by atoms with Gasteiger partial charge < -0.3 is 9.47 Å². The number of thioether (sulfide) groups is 1. The molecule has 1 saturated carbocycles. The lowest BCUT2D eigenvalue weighted by molar-refractivity contribution is -0.129. The van der Waals surface area contributed by atoms with Crippen LogP contribution in [-0.4, -0.2) is 70.2 Å². The van der Waals surface area contributed by atoms with E-state index in [1.54, 1.807) is 17.0 Å². The van der Waals surface area contributed by atoms with Crippen molar-refractivity contribution in [3.63, 3.8) is 0 Å². The minimum absolute atomic E-state index is 0.00581. The van der Waals surface area contributed by atoms with Crippen molar-refractivity contribution in [2.24, 2.45) is 7.05 Å². The molecule has 0 spiro atoms. The van der Waals surface area contributed by atoms with Gasteiger partial charge in [0.2, 0.25) is 15.9 Å². The summed E-state index contributed by atoms with van der Waals surface area (Å²) in [6.45, 7) is 1.36. The molecule has 0 atom stereocenters. The van der Waals surface area contributed by atoms with Gasteiger partial charge >= 0.3 is 0 Å². The zero-order chi connectivity index (χ0) is 22.3. The number of nitrogens with zero attached hydrogens (tertiary/aromatic N) is 5. The number of benzene rings is 2. The van der Waals surface area contributed by atoms with E-state index in [9.17, 15) is 13.2 Å². The molecule has 1 aromatic heterocycles. The molecule has 2 fully saturated rings. The van der Waals surface area contributed by atoms with Gasteiger partial charge in [-0.1, -0.05) is 42.1 Å². The van der Waals surface area contributed by atoms with Crippen molar-refractivity contribution in [1.82, 2.24) is 24.0 Å². The third-order valence-corrected chi connectivity index (χ3v) is 8.99. The van der Waals surface area contributed by atoms with E-state index in [1.807, 2.05) is 41.9 Å². The van der Waals surface area contributed by atoms with Crippen LogP contribution in [-0.2, 0) is 21.9 Å². The average molecular weight is 472 g/mol. The van der Waals surface area contributed by atoms with Crippen LogP contribution in [0.25, 0.3) is 10.8 Å². The van der Waals surface area contributed by atoms with Crippen molar-refractivity contribution in [3.8, 4) is 0 Å². The third-order valence-electron chi connectivity index (χ3n) is 6.09. The van der Waals surface area contributed by atoms with E-state index < -0.39 is 10.0 Å². The van der Waals surface area contributed by atoms with E-state index >= 15 is 0 Å². The highest BCUT2D eigenvalue weighted by molar-refractivity contribution is 7.99. The SMILES string of the molecule is Cn1c(SCC(=O)N2CCN(S(=O)(=O)c3ccc4ccccc4c3)CC2)nnc1C1CC1. The van der Waals surface area contributed by atoms with E-state index in [0.717, 1.165) is 34.6 Å². The molecule has 2 aliphatic rings. The van der Waals surface area contributed by atoms with Crippen molar-refractivity contribution in [2.75, 3.05) is 31.9 Å². The molecule has 5 rings (SSSR count). The minimum atomic E-state index is -3.59. The summed E-state index contributed by atoms with van der Waals surface area (Å²) in [5.41, 5.74) is 0. The molecule has 3 aromatic rings. The first-order valence-electron chi connectivity index (χ1n) is 10.7. The van der Waals surface area contributed by atoms with Gasteiger partial charge in [0, 0.05) is 39.1 Å². The number of amides is 1. The lowest BCUT2D eigenvalue weighted by Gasteiger charge is -2.34.